The normalized spacial score (nSPS) is 13.7. The lowest BCUT2D eigenvalue weighted by atomic mass is 10.1. The third-order valence-electron chi connectivity index (χ3n) is 10.4. The zero-order valence-electron chi connectivity index (χ0n) is 39.5. The minimum absolute atomic E-state index is 0.0198. The standard InChI is InChI=1S/C53H89NO7/c1-6-8-10-12-14-16-18-20-22-24-25-26-28-30-32-34-36-38-40-42-44-52(56)61-49(47-59-46-45-50(53(57)58)54(3,4)5)48-60-51(55)43-41-39-37-35-33-31-29-27-23-21-19-17-15-13-11-9-7-2/h9,11,13,15,17,19,21,23,25-27,29,31,33,49-50H,6-8,10,12,14,16,18,20,22,24,28,30,32,34-48H2,1-5H3/b11-9+,15-13+,19-17+,23-21+,26-25+,29-27+,33-31+. The predicted molar refractivity (Wildman–Crippen MR) is 254 cm³/mol. The van der Waals surface area contributed by atoms with Crippen LogP contribution >= 0.6 is 0 Å². The maximum atomic E-state index is 12.8. The monoisotopic (exact) mass is 852 g/mol. The van der Waals surface area contributed by atoms with Crippen LogP contribution in [0.25, 0.3) is 0 Å². The Kier molecular flexibility index (Phi) is 40.7. The Morgan fingerprint density at radius 3 is 1.43 bits per heavy atom. The molecule has 0 aromatic carbocycles. The van der Waals surface area contributed by atoms with Crippen molar-refractivity contribution >= 4 is 17.9 Å². The van der Waals surface area contributed by atoms with E-state index in [0.717, 1.165) is 44.9 Å². The number of rotatable bonds is 42. The Hall–Kier alpha value is -3.49. The number of nitrogens with zero attached hydrogens (tertiary/aromatic N) is 1. The Balaban J connectivity index is 4.38. The van der Waals surface area contributed by atoms with Gasteiger partial charge in [0.2, 0.25) is 0 Å². The highest BCUT2D eigenvalue weighted by molar-refractivity contribution is 5.70. The molecule has 0 aromatic rings. The van der Waals surface area contributed by atoms with Crippen LogP contribution in [0.5, 0.6) is 0 Å². The van der Waals surface area contributed by atoms with Gasteiger partial charge in [0.1, 0.15) is 12.6 Å². The molecule has 0 spiro atoms. The number of aliphatic carboxylic acids is 1. The van der Waals surface area contributed by atoms with E-state index in [9.17, 15) is 19.5 Å². The molecule has 0 saturated carbocycles. The van der Waals surface area contributed by atoms with Crippen LogP contribution < -0.4 is 5.11 Å². The molecule has 8 nitrogen and oxygen atoms in total. The molecule has 2 unspecified atom stereocenters. The molecule has 0 aliphatic carbocycles. The Morgan fingerprint density at radius 1 is 0.508 bits per heavy atom. The number of hydrogen-bond acceptors (Lipinski definition) is 7. The van der Waals surface area contributed by atoms with Gasteiger partial charge in [0.15, 0.2) is 6.10 Å². The van der Waals surface area contributed by atoms with Crippen molar-refractivity contribution in [2.75, 3.05) is 41.0 Å². The molecular weight excluding hydrogens is 763 g/mol. The number of unbranched alkanes of at least 4 members (excludes halogenated alkanes) is 19. The molecule has 348 valence electrons. The number of ether oxygens (including phenoxy) is 3. The second-order valence-corrected chi connectivity index (χ2v) is 17.1. The molecular formula is C53H89NO7. The van der Waals surface area contributed by atoms with E-state index >= 15 is 0 Å². The third kappa shape index (κ3) is 41.6. The van der Waals surface area contributed by atoms with Crippen LogP contribution in [-0.4, -0.2) is 75.5 Å². The number of quaternary nitrogens is 1. The maximum Gasteiger partial charge on any atom is 0.306 e. The summed E-state index contributed by atoms with van der Waals surface area (Å²) in [6, 6.07) is -0.738. The zero-order valence-corrected chi connectivity index (χ0v) is 39.5. The molecule has 2 atom stereocenters. The number of carbonyl (C=O) groups excluding carboxylic acids is 3. The van der Waals surface area contributed by atoms with Crippen molar-refractivity contribution in [1.82, 2.24) is 0 Å². The van der Waals surface area contributed by atoms with Gasteiger partial charge in [-0.3, -0.25) is 9.59 Å². The van der Waals surface area contributed by atoms with Crippen molar-refractivity contribution in [3.63, 3.8) is 0 Å². The lowest BCUT2D eigenvalue weighted by Gasteiger charge is -2.34. The number of esters is 2. The van der Waals surface area contributed by atoms with Crippen LogP contribution in [0.15, 0.2) is 85.1 Å². The van der Waals surface area contributed by atoms with Gasteiger partial charge >= 0.3 is 11.9 Å². The zero-order chi connectivity index (χ0) is 44.9. The van der Waals surface area contributed by atoms with E-state index in [4.69, 9.17) is 14.2 Å². The van der Waals surface area contributed by atoms with Crippen LogP contribution in [-0.2, 0) is 28.6 Å². The van der Waals surface area contributed by atoms with Gasteiger partial charge in [0.25, 0.3) is 0 Å². The van der Waals surface area contributed by atoms with Crippen molar-refractivity contribution in [3.8, 4) is 0 Å². The average Bonchev–Trinajstić information content (AvgIpc) is 3.22. The molecule has 61 heavy (non-hydrogen) atoms. The highest BCUT2D eigenvalue weighted by Gasteiger charge is 2.25. The Morgan fingerprint density at radius 2 is 0.934 bits per heavy atom. The number of carboxylic acids is 1. The summed E-state index contributed by atoms with van der Waals surface area (Å²) in [5.74, 6) is -1.80. The molecule has 0 fully saturated rings. The molecule has 0 bridgehead atoms. The molecule has 0 radical (unpaired) electrons. The summed E-state index contributed by atoms with van der Waals surface area (Å²) in [4.78, 5) is 37.0. The van der Waals surface area contributed by atoms with Crippen molar-refractivity contribution < 1.29 is 38.2 Å². The van der Waals surface area contributed by atoms with Gasteiger partial charge in [-0.1, -0.05) is 189 Å². The highest BCUT2D eigenvalue weighted by atomic mass is 16.6. The topological polar surface area (TPSA) is 102 Å². The lowest BCUT2D eigenvalue weighted by molar-refractivity contribution is -0.889. The summed E-state index contributed by atoms with van der Waals surface area (Å²) >= 11 is 0. The second kappa shape index (κ2) is 43.2. The minimum atomic E-state index is -1.14. The summed E-state index contributed by atoms with van der Waals surface area (Å²) in [5, 5.41) is 11.6. The quantitative estimate of drug-likeness (QED) is 0.0198. The molecule has 0 aliphatic rings. The van der Waals surface area contributed by atoms with E-state index in [2.05, 4.69) is 38.2 Å². The van der Waals surface area contributed by atoms with E-state index in [1.807, 2.05) is 60.8 Å². The van der Waals surface area contributed by atoms with Gasteiger partial charge in [0.05, 0.1) is 40.3 Å². The van der Waals surface area contributed by atoms with Gasteiger partial charge in [0, 0.05) is 19.3 Å². The van der Waals surface area contributed by atoms with Gasteiger partial charge in [-0.25, -0.2) is 0 Å². The molecule has 0 N–H and O–H groups in total. The summed E-state index contributed by atoms with van der Waals surface area (Å²) in [6.45, 7) is 4.46. The van der Waals surface area contributed by atoms with E-state index in [1.165, 1.54) is 96.3 Å². The molecule has 0 heterocycles. The van der Waals surface area contributed by atoms with Crippen molar-refractivity contribution in [2.24, 2.45) is 0 Å². The highest BCUT2D eigenvalue weighted by Crippen LogP contribution is 2.14. The molecule has 0 rings (SSSR count). The minimum Gasteiger partial charge on any atom is -0.544 e. The van der Waals surface area contributed by atoms with E-state index in [0.29, 0.717) is 19.3 Å². The molecule has 0 amide bonds. The molecule has 0 aromatic heterocycles. The third-order valence-corrected chi connectivity index (χ3v) is 10.4. The fourth-order valence-corrected chi connectivity index (χ4v) is 6.69. The Labute approximate surface area is 373 Å². The van der Waals surface area contributed by atoms with Gasteiger partial charge in [-0.15, -0.1) is 0 Å². The lowest BCUT2D eigenvalue weighted by Crippen LogP contribution is -2.55. The number of allylic oxidation sites excluding steroid dienone is 14. The predicted octanol–water partition coefficient (Wildman–Crippen LogP) is 12.4. The smallest absolute Gasteiger partial charge is 0.306 e. The summed E-state index contributed by atoms with van der Waals surface area (Å²) < 4.78 is 17.2. The van der Waals surface area contributed by atoms with Crippen LogP contribution in [0, 0.1) is 0 Å². The first kappa shape index (κ1) is 57.5. The first-order valence-electron chi connectivity index (χ1n) is 24.2. The van der Waals surface area contributed by atoms with Gasteiger partial charge < -0.3 is 28.6 Å². The summed E-state index contributed by atoms with van der Waals surface area (Å²) in [5.41, 5.74) is 0. The van der Waals surface area contributed by atoms with Crippen LogP contribution in [0.4, 0.5) is 0 Å². The molecule has 0 saturated heterocycles. The number of hydrogen-bond donors (Lipinski definition) is 0. The average molecular weight is 852 g/mol. The fraction of sp³-hybridized carbons (Fsp3) is 0.679. The largest absolute Gasteiger partial charge is 0.544 e. The Bertz CT molecular complexity index is 1270. The molecule has 8 heteroatoms. The number of likely N-dealkylation sites (N-methyl/N-ethyl adjacent to an activating group) is 1. The van der Waals surface area contributed by atoms with Crippen LogP contribution in [0.1, 0.15) is 181 Å². The SMILES string of the molecule is CC/C=C/C=C/C=C/C=C/C=C/C=C/CCCCCC(=O)OCC(COCCC(C(=O)[O-])[N+](C)(C)C)OC(=O)CCCCCCCCC/C=C/CCCCCCCCCCC. The van der Waals surface area contributed by atoms with E-state index in [-0.39, 0.29) is 42.7 Å². The summed E-state index contributed by atoms with van der Waals surface area (Å²) in [7, 11) is 5.39. The fourth-order valence-electron chi connectivity index (χ4n) is 6.69. The van der Waals surface area contributed by atoms with Crippen molar-refractivity contribution in [1.29, 1.82) is 0 Å². The van der Waals surface area contributed by atoms with E-state index in [1.54, 1.807) is 21.1 Å². The van der Waals surface area contributed by atoms with Crippen molar-refractivity contribution in [3.05, 3.63) is 85.1 Å². The first-order chi connectivity index (χ1) is 29.6. The second-order valence-electron chi connectivity index (χ2n) is 17.1. The van der Waals surface area contributed by atoms with Gasteiger partial charge in [-0.05, 0) is 57.8 Å². The van der Waals surface area contributed by atoms with E-state index < -0.39 is 18.1 Å². The van der Waals surface area contributed by atoms with Gasteiger partial charge in [-0.2, -0.15) is 0 Å². The van der Waals surface area contributed by atoms with Crippen LogP contribution in [0.2, 0.25) is 0 Å². The number of carboxylic acid groups (broad SMARTS) is 1. The van der Waals surface area contributed by atoms with Crippen LogP contribution in [0.3, 0.4) is 0 Å². The molecule has 0 aliphatic heterocycles. The maximum absolute atomic E-state index is 12.8. The summed E-state index contributed by atoms with van der Waals surface area (Å²) in [6.07, 6.45) is 56.1. The van der Waals surface area contributed by atoms with Crippen molar-refractivity contribution in [2.45, 2.75) is 193 Å². The number of carbonyl (C=O) groups is 3. The first-order valence-corrected chi connectivity index (χ1v) is 24.2.